The maximum Gasteiger partial charge on any atom is 0.252 e. The van der Waals surface area contributed by atoms with Crippen LogP contribution in [0.25, 0.3) is 11.0 Å². The predicted octanol–water partition coefficient (Wildman–Crippen LogP) is 1.35. The largest absolute Gasteiger partial charge is 0.306 e. The van der Waals surface area contributed by atoms with Crippen LogP contribution in [-0.2, 0) is 0 Å². The van der Waals surface area contributed by atoms with Gasteiger partial charge in [-0.25, -0.2) is 9.97 Å². The monoisotopic (exact) mass is 207 g/mol. The number of thioether (sulfide) groups is 1. The summed E-state index contributed by atoms with van der Waals surface area (Å²) in [6.45, 7) is 1.76. The zero-order valence-electron chi connectivity index (χ0n) is 7.87. The number of aromatic nitrogens is 3. The SMILES string of the molecule is CSc1ncc2cc(C)c(=O)[nH]c2n1. The van der Waals surface area contributed by atoms with E-state index in [4.69, 9.17) is 0 Å². The van der Waals surface area contributed by atoms with E-state index in [9.17, 15) is 4.79 Å². The maximum atomic E-state index is 11.3. The van der Waals surface area contributed by atoms with Gasteiger partial charge in [-0.1, -0.05) is 11.8 Å². The van der Waals surface area contributed by atoms with Crippen LogP contribution in [0.1, 0.15) is 5.56 Å². The number of hydrogen-bond acceptors (Lipinski definition) is 4. The highest BCUT2D eigenvalue weighted by Crippen LogP contribution is 2.12. The lowest BCUT2D eigenvalue weighted by atomic mass is 10.2. The Bertz CT molecular complexity index is 535. The number of hydrogen-bond donors (Lipinski definition) is 1. The van der Waals surface area contributed by atoms with Gasteiger partial charge in [0.2, 0.25) is 0 Å². The van der Waals surface area contributed by atoms with Gasteiger partial charge in [0.1, 0.15) is 5.65 Å². The number of rotatable bonds is 1. The molecule has 4 nitrogen and oxygen atoms in total. The molecule has 0 saturated carbocycles. The highest BCUT2D eigenvalue weighted by molar-refractivity contribution is 7.98. The van der Waals surface area contributed by atoms with E-state index in [-0.39, 0.29) is 5.56 Å². The summed E-state index contributed by atoms with van der Waals surface area (Å²) in [6.07, 6.45) is 3.62. The minimum absolute atomic E-state index is 0.0942. The highest BCUT2D eigenvalue weighted by atomic mass is 32.2. The molecule has 72 valence electrons. The van der Waals surface area contributed by atoms with Gasteiger partial charge in [0, 0.05) is 17.1 Å². The van der Waals surface area contributed by atoms with Gasteiger partial charge in [0.25, 0.3) is 5.56 Å². The lowest BCUT2D eigenvalue weighted by Gasteiger charge is -1.99. The second-order valence-electron chi connectivity index (χ2n) is 2.94. The zero-order chi connectivity index (χ0) is 10.1. The number of nitrogens with zero attached hydrogens (tertiary/aromatic N) is 2. The molecule has 0 aliphatic rings. The number of H-pyrrole nitrogens is 1. The third kappa shape index (κ3) is 1.50. The summed E-state index contributed by atoms with van der Waals surface area (Å²) in [7, 11) is 0. The van der Waals surface area contributed by atoms with Crippen LogP contribution in [0.2, 0.25) is 0 Å². The first kappa shape index (κ1) is 9.21. The van der Waals surface area contributed by atoms with Crippen molar-refractivity contribution in [3.05, 3.63) is 28.2 Å². The molecule has 2 heterocycles. The van der Waals surface area contributed by atoms with Crippen LogP contribution in [0.3, 0.4) is 0 Å². The van der Waals surface area contributed by atoms with Gasteiger partial charge in [0.05, 0.1) is 0 Å². The van der Waals surface area contributed by atoms with E-state index < -0.39 is 0 Å². The second-order valence-corrected chi connectivity index (χ2v) is 3.72. The van der Waals surface area contributed by atoms with Crippen molar-refractivity contribution in [2.24, 2.45) is 0 Å². The van der Waals surface area contributed by atoms with Crippen molar-refractivity contribution in [3.8, 4) is 0 Å². The van der Waals surface area contributed by atoms with Crippen molar-refractivity contribution in [3.63, 3.8) is 0 Å². The summed E-state index contributed by atoms with van der Waals surface area (Å²) in [6, 6.07) is 1.79. The fourth-order valence-corrected chi connectivity index (χ4v) is 1.52. The van der Waals surface area contributed by atoms with Gasteiger partial charge in [-0.05, 0) is 19.2 Å². The molecular formula is C9H9N3OS. The van der Waals surface area contributed by atoms with Crippen molar-refractivity contribution in [2.45, 2.75) is 12.1 Å². The number of fused-ring (bicyclic) bond motifs is 1. The summed E-state index contributed by atoms with van der Waals surface area (Å²) in [5.74, 6) is 0. The van der Waals surface area contributed by atoms with Crippen LogP contribution < -0.4 is 5.56 Å². The molecule has 2 aromatic rings. The van der Waals surface area contributed by atoms with Gasteiger partial charge in [-0.2, -0.15) is 0 Å². The molecular weight excluding hydrogens is 198 g/mol. The van der Waals surface area contributed by atoms with E-state index >= 15 is 0 Å². The Morgan fingerprint density at radius 3 is 3.00 bits per heavy atom. The molecule has 0 amide bonds. The molecule has 5 heteroatoms. The quantitative estimate of drug-likeness (QED) is 0.566. The normalized spacial score (nSPS) is 10.7. The molecule has 2 rings (SSSR count). The number of pyridine rings is 1. The Morgan fingerprint density at radius 2 is 2.29 bits per heavy atom. The smallest absolute Gasteiger partial charge is 0.252 e. The van der Waals surface area contributed by atoms with Gasteiger partial charge in [0.15, 0.2) is 5.16 Å². The average Bonchev–Trinajstić information content (AvgIpc) is 2.19. The standard InChI is InChI=1S/C9H9N3OS/c1-5-3-6-4-10-9(14-2)12-7(6)11-8(5)13/h3-4H,1-2H3,(H,10,11,12,13). The summed E-state index contributed by atoms with van der Waals surface area (Å²) in [4.78, 5) is 22.3. The lowest BCUT2D eigenvalue weighted by Crippen LogP contribution is -2.09. The molecule has 0 fully saturated rings. The van der Waals surface area contributed by atoms with Gasteiger partial charge >= 0.3 is 0 Å². The topological polar surface area (TPSA) is 58.6 Å². The Labute approximate surface area is 84.8 Å². The second kappa shape index (κ2) is 3.42. The molecule has 0 bridgehead atoms. The highest BCUT2D eigenvalue weighted by Gasteiger charge is 2.01. The van der Waals surface area contributed by atoms with Crippen molar-refractivity contribution >= 4 is 22.8 Å². The number of aryl methyl sites for hydroxylation is 1. The first-order valence-electron chi connectivity index (χ1n) is 4.11. The van der Waals surface area contributed by atoms with Crippen molar-refractivity contribution in [1.29, 1.82) is 0 Å². The number of aromatic amines is 1. The van der Waals surface area contributed by atoms with E-state index in [0.29, 0.717) is 16.4 Å². The lowest BCUT2D eigenvalue weighted by molar-refractivity contribution is 0.985. The fraction of sp³-hybridized carbons (Fsp3) is 0.222. The molecule has 0 saturated heterocycles. The molecule has 2 aromatic heterocycles. The summed E-state index contributed by atoms with van der Waals surface area (Å²) in [5.41, 5.74) is 1.18. The van der Waals surface area contributed by atoms with Gasteiger partial charge in [-0.15, -0.1) is 0 Å². The molecule has 0 unspecified atom stereocenters. The third-order valence-electron chi connectivity index (χ3n) is 1.94. The molecule has 0 aliphatic heterocycles. The number of nitrogens with one attached hydrogen (secondary N) is 1. The fourth-order valence-electron chi connectivity index (χ4n) is 1.18. The molecule has 0 radical (unpaired) electrons. The molecule has 0 spiro atoms. The molecule has 1 N–H and O–H groups in total. The Balaban J connectivity index is 2.77. The van der Waals surface area contributed by atoms with Gasteiger partial charge in [-0.3, -0.25) is 4.79 Å². The molecule has 0 aromatic carbocycles. The van der Waals surface area contributed by atoms with Crippen LogP contribution in [0.5, 0.6) is 0 Å². The zero-order valence-corrected chi connectivity index (χ0v) is 8.68. The van der Waals surface area contributed by atoms with E-state index in [1.165, 1.54) is 11.8 Å². The van der Waals surface area contributed by atoms with Crippen LogP contribution in [0.4, 0.5) is 0 Å². The summed E-state index contributed by atoms with van der Waals surface area (Å²) in [5, 5.41) is 1.52. The molecule has 0 atom stereocenters. The van der Waals surface area contributed by atoms with Crippen LogP contribution >= 0.6 is 11.8 Å². The Kier molecular flexibility index (Phi) is 2.25. The predicted molar refractivity (Wildman–Crippen MR) is 56.7 cm³/mol. The van der Waals surface area contributed by atoms with Crippen LogP contribution in [0.15, 0.2) is 22.2 Å². The maximum absolute atomic E-state index is 11.3. The van der Waals surface area contributed by atoms with Crippen molar-refractivity contribution < 1.29 is 0 Å². The van der Waals surface area contributed by atoms with Gasteiger partial charge < -0.3 is 4.98 Å². The third-order valence-corrected chi connectivity index (χ3v) is 2.50. The first-order valence-corrected chi connectivity index (χ1v) is 5.34. The van der Waals surface area contributed by atoms with E-state index in [2.05, 4.69) is 15.0 Å². The van der Waals surface area contributed by atoms with E-state index in [1.54, 1.807) is 19.2 Å². The summed E-state index contributed by atoms with van der Waals surface area (Å²) < 4.78 is 0. The Morgan fingerprint density at radius 1 is 1.50 bits per heavy atom. The van der Waals surface area contributed by atoms with E-state index in [0.717, 1.165) is 5.39 Å². The molecule has 14 heavy (non-hydrogen) atoms. The Hall–Kier alpha value is -1.36. The summed E-state index contributed by atoms with van der Waals surface area (Å²) >= 11 is 1.45. The van der Waals surface area contributed by atoms with Crippen LogP contribution in [-0.4, -0.2) is 21.2 Å². The molecule has 0 aliphatic carbocycles. The minimum Gasteiger partial charge on any atom is -0.306 e. The van der Waals surface area contributed by atoms with Crippen molar-refractivity contribution in [1.82, 2.24) is 15.0 Å². The minimum atomic E-state index is -0.0942. The first-order chi connectivity index (χ1) is 6.70. The average molecular weight is 207 g/mol. The van der Waals surface area contributed by atoms with Crippen LogP contribution in [0, 0.1) is 6.92 Å². The van der Waals surface area contributed by atoms with Crippen molar-refractivity contribution in [2.75, 3.05) is 6.26 Å². The van der Waals surface area contributed by atoms with E-state index in [1.807, 2.05) is 6.26 Å².